The highest BCUT2D eigenvalue weighted by atomic mass is 19.1. The SMILES string of the molecule is COC(=O)[C@]1(C)CCC[C@@]2(C)C3CC[C@H]4C[C@@]3(CCC21)[C@@H](F)C4=O. The molecular formula is C20H29FO3. The van der Waals surface area contributed by atoms with Crippen molar-refractivity contribution in [3.05, 3.63) is 0 Å². The van der Waals surface area contributed by atoms with Gasteiger partial charge in [0.1, 0.15) is 0 Å². The number of fused-ring (bicyclic) bond motifs is 3. The summed E-state index contributed by atoms with van der Waals surface area (Å²) in [6.07, 6.45) is 5.74. The number of ketones is 1. The van der Waals surface area contributed by atoms with Crippen molar-refractivity contribution < 1.29 is 18.7 Å². The molecule has 0 amide bonds. The number of ether oxygens (including phenoxy) is 1. The molecule has 0 saturated heterocycles. The summed E-state index contributed by atoms with van der Waals surface area (Å²) in [4.78, 5) is 24.9. The average molecular weight is 336 g/mol. The van der Waals surface area contributed by atoms with E-state index in [0.717, 1.165) is 51.4 Å². The summed E-state index contributed by atoms with van der Waals surface area (Å²) in [6, 6.07) is 0. The second-order valence-electron chi connectivity index (χ2n) is 9.39. The number of esters is 1. The molecule has 134 valence electrons. The van der Waals surface area contributed by atoms with Gasteiger partial charge >= 0.3 is 5.97 Å². The summed E-state index contributed by atoms with van der Waals surface area (Å²) in [5, 5.41) is 0. The Morgan fingerprint density at radius 1 is 1.12 bits per heavy atom. The smallest absolute Gasteiger partial charge is 0.311 e. The van der Waals surface area contributed by atoms with Crippen LogP contribution in [0.5, 0.6) is 0 Å². The van der Waals surface area contributed by atoms with Gasteiger partial charge in [0.15, 0.2) is 12.0 Å². The summed E-state index contributed by atoms with van der Waals surface area (Å²) in [6.45, 7) is 4.33. The van der Waals surface area contributed by atoms with Crippen molar-refractivity contribution in [1.82, 2.24) is 0 Å². The van der Waals surface area contributed by atoms with Crippen molar-refractivity contribution in [2.75, 3.05) is 7.11 Å². The van der Waals surface area contributed by atoms with Gasteiger partial charge in [-0.15, -0.1) is 0 Å². The Kier molecular flexibility index (Phi) is 3.48. The van der Waals surface area contributed by atoms with E-state index in [4.69, 9.17) is 4.74 Å². The maximum absolute atomic E-state index is 15.1. The molecule has 4 fully saturated rings. The van der Waals surface area contributed by atoms with Gasteiger partial charge in [0.05, 0.1) is 12.5 Å². The Morgan fingerprint density at radius 2 is 1.88 bits per heavy atom. The first-order valence-corrected chi connectivity index (χ1v) is 9.56. The van der Waals surface area contributed by atoms with Gasteiger partial charge in [-0.05, 0) is 69.1 Å². The molecule has 0 aliphatic heterocycles. The molecule has 0 radical (unpaired) electrons. The van der Waals surface area contributed by atoms with Crippen LogP contribution in [-0.2, 0) is 14.3 Å². The number of Topliss-reactive ketones (excluding diaryl/α,β-unsaturated/α-hetero) is 1. The number of alkyl halides is 1. The minimum absolute atomic E-state index is 0.0491. The van der Waals surface area contributed by atoms with Crippen LogP contribution in [0, 0.1) is 34.0 Å². The van der Waals surface area contributed by atoms with E-state index in [2.05, 4.69) is 13.8 Å². The van der Waals surface area contributed by atoms with E-state index in [0.29, 0.717) is 0 Å². The van der Waals surface area contributed by atoms with E-state index >= 15 is 4.39 Å². The van der Waals surface area contributed by atoms with Crippen LogP contribution in [0.15, 0.2) is 0 Å². The van der Waals surface area contributed by atoms with Gasteiger partial charge in [0, 0.05) is 11.3 Å². The highest BCUT2D eigenvalue weighted by Crippen LogP contribution is 2.71. The molecule has 4 rings (SSSR count). The van der Waals surface area contributed by atoms with Crippen LogP contribution in [0.1, 0.15) is 65.2 Å². The molecule has 1 spiro atoms. The summed E-state index contributed by atoms with van der Waals surface area (Å²) in [5.74, 6) is 0.174. The molecule has 4 aliphatic rings. The maximum atomic E-state index is 15.1. The van der Waals surface area contributed by atoms with Crippen LogP contribution in [0.25, 0.3) is 0 Å². The normalized spacial score (nSPS) is 53.2. The lowest BCUT2D eigenvalue weighted by molar-refractivity contribution is -0.189. The zero-order valence-corrected chi connectivity index (χ0v) is 15.1. The largest absolute Gasteiger partial charge is 0.469 e. The van der Waals surface area contributed by atoms with Gasteiger partial charge in [-0.1, -0.05) is 13.3 Å². The molecular weight excluding hydrogens is 307 g/mol. The molecule has 2 unspecified atom stereocenters. The predicted octanol–water partition coefficient (Wildman–Crippen LogP) is 4.09. The summed E-state index contributed by atoms with van der Waals surface area (Å²) in [7, 11) is 1.47. The second-order valence-corrected chi connectivity index (χ2v) is 9.39. The zero-order chi connectivity index (χ0) is 17.3. The monoisotopic (exact) mass is 336 g/mol. The fourth-order valence-electron chi connectivity index (χ4n) is 7.63. The standard InChI is InChI=1S/C20H29FO3/c1-18-8-4-9-19(2,17(23)24-3)13(18)7-10-20-11-12(5-6-14(18)20)15(22)16(20)21/h12-14,16H,4-11H2,1-3H3/t12-,13?,14?,16-,18+,19+,20+/m0/s1. The first kappa shape index (κ1) is 16.5. The maximum Gasteiger partial charge on any atom is 0.311 e. The molecule has 3 nitrogen and oxygen atoms in total. The number of hydrogen-bond donors (Lipinski definition) is 0. The Morgan fingerprint density at radius 3 is 2.58 bits per heavy atom. The molecule has 2 bridgehead atoms. The Bertz CT molecular complexity index is 589. The summed E-state index contributed by atoms with van der Waals surface area (Å²) in [5.41, 5.74) is -0.965. The van der Waals surface area contributed by atoms with Crippen LogP contribution in [0.2, 0.25) is 0 Å². The molecule has 4 aliphatic carbocycles. The van der Waals surface area contributed by atoms with Gasteiger partial charge in [-0.2, -0.15) is 0 Å². The quantitative estimate of drug-likeness (QED) is 0.677. The fourth-order valence-corrected chi connectivity index (χ4v) is 7.63. The third-order valence-corrected chi connectivity index (χ3v) is 8.60. The van der Waals surface area contributed by atoms with E-state index in [1.54, 1.807) is 0 Å². The van der Waals surface area contributed by atoms with Crippen LogP contribution < -0.4 is 0 Å². The zero-order valence-electron chi connectivity index (χ0n) is 15.1. The average Bonchev–Trinajstić information content (AvgIpc) is 2.74. The summed E-state index contributed by atoms with van der Waals surface area (Å²) < 4.78 is 20.3. The van der Waals surface area contributed by atoms with Gasteiger partial charge in [-0.3, -0.25) is 9.59 Å². The number of hydrogen-bond acceptors (Lipinski definition) is 3. The third kappa shape index (κ3) is 1.78. The van der Waals surface area contributed by atoms with Gasteiger partial charge in [0.2, 0.25) is 0 Å². The molecule has 0 aromatic heterocycles. The number of halogens is 1. The van der Waals surface area contributed by atoms with Crippen LogP contribution in [0.4, 0.5) is 4.39 Å². The van der Waals surface area contributed by atoms with Crippen molar-refractivity contribution in [3.63, 3.8) is 0 Å². The van der Waals surface area contributed by atoms with Gasteiger partial charge in [0.25, 0.3) is 0 Å². The van der Waals surface area contributed by atoms with Crippen LogP contribution >= 0.6 is 0 Å². The Labute approximate surface area is 143 Å². The Balaban J connectivity index is 1.76. The van der Waals surface area contributed by atoms with Gasteiger partial charge in [-0.25, -0.2) is 4.39 Å². The van der Waals surface area contributed by atoms with Crippen LogP contribution in [-0.4, -0.2) is 25.0 Å². The highest BCUT2D eigenvalue weighted by Gasteiger charge is 2.69. The first-order chi connectivity index (χ1) is 11.3. The lowest BCUT2D eigenvalue weighted by Crippen LogP contribution is -2.60. The minimum Gasteiger partial charge on any atom is -0.469 e. The highest BCUT2D eigenvalue weighted by molar-refractivity contribution is 5.89. The van der Waals surface area contributed by atoms with E-state index in [1.165, 1.54) is 7.11 Å². The topological polar surface area (TPSA) is 43.4 Å². The third-order valence-electron chi connectivity index (χ3n) is 8.60. The molecule has 0 aromatic carbocycles. The van der Waals surface area contributed by atoms with Gasteiger partial charge < -0.3 is 4.74 Å². The molecule has 24 heavy (non-hydrogen) atoms. The second kappa shape index (κ2) is 5.04. The van der Waals surface area contributed by atoms with Crippen molar-refractivity contribution >= 4 is 11.8 Å². The van der Waals surface area contributed by atoms with E-state index in [-0.39, 0.29) is 34.9 Å². The van der Waals surface area contributed by atoms with Crippen molar-refractivity contribution in [1.29, 1.82) is 0 Å². The lowest BCUT2D eigenvalue weighted by Gasteiger charge is -2.63. The molecule has 0 N–H and O–H groups in total. The molecule has 7 atom stereocenters. The lowest BCUT2D eigenvalue weighted by atomic mass is 9.41. The Hall–Kier alpha value is -0.930. The van der Waals surface area contributed by atoms with Crippen LogP contribution in [0.3, 0.4) is 0 Å². The van der Waals surface area contributed by atoms with E-state index in [9.17, 15) is 9.59 Å². The number of carbonyl (C=O) groups excluding carboxylic acids is 2. The van der Waals surface area contributed by atoms with E-state index < -0.39 is 17.0 Å². The number of rotatable bonds is 1. The van der Waals surface area contributed by atoms with E-state index in [1.807, 2.05) is 0 Å². The van der Waals surface area contributed by atoms with Crippen molar-refractivity contribution in [3.8, 4) is 0 Å². The number of methoxy groups -OCH3 is 1. The predicted molar refractivity (Wildman–Crippen MR) is 88.0 cm³/mol. The van der Waals surface area contributed by atoms with Crippen molar-refractivity contribution in [2.24, 2.45) is 34.0 Å². The fraction of sp³-hybridized carbons (Fsp3) is 0.900. The number of carbonyl (C=O) groups is 2. The molecule has 0 aromatic rings. The van der Waals surface area contributed by atoms with Crippen molar-refractivity contribution in [2.45, 2.75) is 71.4 Å². The molecule has 4 saturated carbocycles. The minimum atomic E-state index is -1.28. The molecule has 4 heteroatoms. The first-order valence-electron chi connectivity index (χ1n) is 9.56. The summed E-state index contributed by atoms with van der Waals surface area (Å²) >= 11 is 0. The molecule has 0 heterocycles.